The Bertz CT molecular complexity index is 1150. The van der Waals surface area contributed by atoms with Crippen molar-refractivity contribution in [3.05, 3.63) is 101 Å². The molecule has 2 aromatic rings. The van der Waals surface area contributed by atoms with Crippen molar-refractivity contribution < 1.29 is 10.6 Å². The van der Waals surface area contributed by atoms with Crippen molar-refractivity contribution in [1.82, 2.24) is 0 Å². The Balaban J connectivity index is 0.000000549. The van der Waals surface area contributed by atoms with Crippen molar-refractivity contribution in [3.8, 4) is 0 Å². The van der Waals surface area contributed by atoms with E-state index in [1.165, 1.54) is 23.6 Å². The van der Waals surface area contributed by atoms with Gasteiger partial charge in [0.1, 0.15) is 5.67 Å². The number of nitrogens with zero attached hydrogens (tertiary/aromatic N) is 3. The maximum absolute atomic E-state index is 13.0. The molecular weight excluding hydrogens is 461 g/mol. The molecule has 0 heterocycles. The summed E-state index contributed by atoms with van der Waals surface area (Å²) in [6.07, 6.45) is 6.75. The Morgan fingerprint density at radius 3 is 2.05 bits per heavy atom. The Kier molecular flexibility index (Phi) is 13.3. The fourth-order valence-electron chi connectivity index (χ4n) is 3.34. The monoisotopic (exact) mass is 505 g/mol. The van der Waals surface area contributed by atoms with Crippen molar-refractivity contribution in [1.29, 1.82) is 0 Å². The van der Waals surface area contributed by atoms with E-state index in [1.54, 1.807) is 32.2 Å². The van der Waals surface area contributed by atoms with Gasteiger partial charge in [-0.15, -0.1) is 0 Å². The summed E-state index contributed by atoms with van der Waals surface area (Å²) >= 11 is 0. The highest BCUT2D eigenvalue weighted by molar-refractivity contribution is 6.08. The van der Waals surface area contributed by atoms with Crippen molar-refractivity contribution in [2.45, 2.75) is 72.9 Å². The van der Waals surface area contributed by atoms with E-state index in [4.69, 9.17) is 0 Å². The molecule has 0 N–H and O–H groups in total. The summed E-state index contributed by atoms with van der Waals surface area (Å²) in [6, 6.07) is 13.7. The molecule has 4 nitrogen and oxygen atoms in total. The van der Waals surface area contributed by atoms with Gasteiger partial charge in [0.25, 0.3) is 0 Å². The first kappa shape index (κ1) is 31.6. The Morgan fingerprint density at radius 2 is 1.59 bits per heavy atom. The Hall–Kier alpha value is -3.47. The Morgan fingerprint density at radius 1 is 1.03 bits per heavy atom. The molecule has 0 unspecified atom stereocenters. The standard InChI is InChI=1S/C14H17N.C10H12N2O.C8H13F.H2/c1-5-14(15-10-11(2)3)13-8-6-12(4)7-9-13;1-7-4-5-9(8(2)13)6-10(7)12-11-3;1-7-3-5-8(2,9)6-4-7;/h5-10H,1H2,2-4H3;4-6H,1-3H3;1,3-6H2,2H3;1H. The number of aliphatic imine (C=N–C) groups is 1. The van der Waals surface area contributed by atoms with Crippen molar-refractivity contribution in [2.24, 2.45) is 15.2 Å². The number of benzene rings is 2. The number of aryl methyl sites for hydroxylation is 2. The van der Waals surface area contributed by atoms with Gasteiger partial charge in [-0.1, -0.05) is 66.3 Å². The highest BCUT2D eigenvalue weighted by Crippen LogP contribution is 2.33. The van der Waals surface area contributed by atoms with Crippen LogP contribution in [0.25, 0.3) is 0 Å². The molecule has 1 fully saturated rings. The maximum atomic E-state index is 13.0. The summed E-state index contributed by atoms with van der Waals surface area (Å²) in [4.78, 5) is 15.4. The van der Waals surface area contributed by atoms with Crippen molar-refractivity contribution in [2.75, 3.05) is 7.05 Å². The van der Waals surface area contributed by atoms with Crippen LogP contribution < -0.4 is 0 Å². The van der Waals surface area contributed by atoms with Crippen LogP contribution in [-0.4, -0.2) is 24.2 Å². The van der Waals surface area contributed by atoms with E-state index in [0.29, 0.717) is 18.4 Å². The summed E-state index contributed by atoms with van der Waals surface area (Å²) < 4.78 is 13.0. The summed E-state index contributed by atoms with van der Waals surface area (Å²) in [7, 11) is 1.61. The average Bonchev–Trinajstić information content (AvgIpc) is 2.84. The van der Waals surface area contributed by atoms with Gasteiger partial charge in [0.15, 0.2) is 5.78 Å². The third-order valence-corrected chi connectivity index (χ3v) is 5.83. The van der Waals surface area contributed by atoms with Crippen LogP contribution in [0.15, 0.2) is 94.3 Å². The molecule has 3 rings (SSSR count). The third-order valence-electron chi connectivity index (χ3n) is 5.83. The van der Waals surface area contributed by atoms with E-state index in [-0.39, 0.29) is 7.21 Å². The molecule has 1 saturated carbocycles. The second-order valence-electron chi connectivity index (χ2n) is 9.81. The van der Waals surface area contributed by atoms with Gasteiger partial charge < -0.3 is 0 Å². The highest BCUT2D eigenvalue weighted by atomic mass is 19.1. The topological polar surface area (TPSA) is 54.1 Å². The van der Waals surface area contributed by atoms with Crippen LogP contribution in [0.4, 0.5) is 10.1 Å². The molecule has 1 aliphatic rings. The number of hydrogen-bond donors (Lipinski definition) is 0. The van der Waals surface area contributed by atoms with E-state index in [9.17, 15) is 9.18 Å². The lowest BCUT2D eigenvalue weighted by Gasteiger charge is -2.26. The number of carbonyl (C=O) groups excluding carboxylic acids is 1. The zero-order valence-corrected chi connectivity index (χ0v) is 23.6. The molecule has 0 saturated heterocycles. The smallest absolute Gasteiger partial charge is 0.159 e. The lowest BCUT2D eigenvalue weighted by Crippen LogP contribution is -2.21. The van der Waals surface area contributed by atoms with Gasteiger partial charge in [-0.3, -0.25) is 9.79 Å². The van der Waals surface area contributed by atoms with Crippen LogP contribution in [0.2, 0.25) is 0 Å². The zero-order chi connectivity index (χ0) is 28.0. The molecule has 0 aromatic heterocycles. The van der Waals surface area contributed by atoms with Crippen molar-refractivity contribution >= 4 is 17.2 Å². The summed E-state index contributed by atoms with van der Waals surface area (Å²) in [5.74, 6) is 0.0487. The maximum Gasteiger partial charge on any atom is 0.159 e. The first-order chi connectivity index (χ1) is 17.4. The summed E-state index contributed by atoms with van der Waals surface area (Å²) in [5.41, 5.74) is 7.22. The predicted molar refractivity (Wildman–Crippen MR) is 158 cm³/mol. The molecule has 0 radical (unpaired) electrons. The number of alkyl halides is 1. The number of hydrogen-bond acceptors (Lipinski definition) is 4. The molecular formula is C32H44FN3O. The van der Waals surface area contributed by atoms with Crippen LogP contribution >= 0.6 is 0 Å². The molecule has 37 heavy (non-hydrogen) atoms. The molecule has 0 bridgehead atoms. The van der Waals surface area contributed by atoms with Gasteiger partial charge in [0.2, 0.25) is 0 Å². The SMILES string of the molecule is C=C1CCC(C)(F)CC1.C=CC(=NC=C(C)C)c1ccc(C)cc1.CN=Nc1cc(C(C)=O)ccc1C.[HH]. The lowest BCUT2D eigenvalue weighted by molar-refractivity contribution is 0.101. The second-order valence-corrected chi connectivity index (χ2v) is 9.81. The van der Waals surface area contributed by atoms with Gasteiger partial charge in [-0.2, -0.15) is 10.2 Å². The molecule has 0 spiro atoms. The van der Waals surface area contributed by atoms with Gasteiger partial charge in [-0.25, -0.2) is 4.39 Å². The minimum atomic E-state index is -0.902. The normalized spacial score (nSPS) is 14.6. The molecule has 0 atom stereocenters. The summed E-state index contributed by atoms with van der Waals surface area (Å²) in [5, 5.41) is 7.60. The van der Waals surface area contributed by atoms with E-state index in [0.717, 1.165) is 35.4 Å². The van der Waals surface area contributed by atoms with Gasteiger partial charge in [0, 0.05) is 25.8 Å². The van der Waals surface area contributed by atoms with Crippen LogP contribution in [-0.2, 0) is 0 Å². The molecule has 0 amide bonds. The fourth-order valence-corrected chi connectivity index (χ4v) is 3.34. The van der Waals surface area contributed by atoms with E-state index in [1.807, 2.05) is 33.0 Å². The first-order valence-corrected chi connectivity index (χ1v) is 12.6. The highest BCUT2D eigenvalue weighted by Gasteiger charge is 2.26. The molecule has 1 aliphatic carbocycles. The molecule has 200 valence electrons. The van der Waals surface area contributed by atoms with Crippen LogP contribution in [0.5, 0.6) is 0 Å². The molecule has 5 heteroatoms. The molecule has 0 aliphatic heterocycles. The largest absolute Gasteiger partial charge is 0.295 e. The van der Waals surface area contributed by atoms with Gasteiger partial charge in [-0.05, 0) is 84.9 Å². The van der Waals surface area contributed by atoms with Gasteiger partial charge >= 0.3 is 0 Å². The fraction of sp³-hybridized carbons (Fsp3) is 0.375. The first-order valence-electron chi connectivity index (χ1n) is 12.6. The van der Waals surface area contributed by atoms with E-state index < -0.39 is 5.67 Å². The quantitative estimate of drug-likeness (QED) is 0.173. The van der Waals surface area contributed by atoms with Crippen LogP contribution in [0.3, 0.4) is 0 Å². The summed E-state index contributed by atoms with van der Waals surface area (Å²) in [6.45, 7) is 18.9. The number of Topliss-reactive ketones (excluding diaryl/α,β-unsaturated/α-hetero) is 1. The number of ketones is 1. The zero-order valence-electron chi connectivity index (χ0n) is 23.6. The number of carbonyl (C=O) groups is 1. The predicted octanol–water partition coefficient (Wildman–Crippen LogP) is 9.90. The Labute approximate surface area is 224 Å². The van der Waals surface area contributed by atoms with Crippen LogP contribution in [0, 0.1) is 13.8 Å². The van der Waals surface area contributed by atoms with Crippen molar-refractivity contribution in [3.63, 3.8) is 0 Å². The lowest BCUT2D eigenvalue weighted by atomic mass is 9.86. The molecule has 2 aromatic carbocycles. The number of azo groups is 1. The van der Waals surface area contributed by atoms with E-state index >= 15 is 0 Å². The van der Waals surface area contributed by atoms with Crippen LogP contribution in [0.1, 0.15) is 81.9 Å². The third kappa shape index (κ3) is 12.4. The number of allylic oxidation sites excluding steroid dienone is 3. The van der Waals surface area contributed by atoms with Gasteiger partial charge in [0.05, 0.1) is 11.4 Å². The second kappa shape index (κ2) is 15.6. The number of rotatable bonds is 5. The minimum absolute atomic E-state index is 0. The average molecular weight is 506 g/mol. The number of halogens is 1. The minimum Gasteiger partial charge on any atom is -0.295 e. The van der Waals surface area contributed by atoms with E-state index in [2.05, 4.69) is 59.6 Å².